The van der Waals surface area contributed by atoms with E-state index in [1.54, 1.807) is 48.5 Å². The SMILES string of the molecule is CC(C)CNC(=O)[C@@H](Cc1ccccc1)N(Cc1ccc(Cl)c(Cl)c1)C(=O)CN(c1ccccc1)S(=O)(=O)c1ccc(Cl)cc1. The summed E-state index contributed by atoms with van der Waals surface area (Å²) in [6, 6.07) is 27.5. The van der Waals surface area contributed by atoms with Gasteiger partial charge in [-0.25, -0.2) is 8.42 Å². The largest absolute Gasteiger partial charge is 0.354 e. The molecule has 0 aromatic heterocycles. The summed E-state index contributed by atoms with van der Waals surface area (Å²) in [5.74, 6) is -0.764. The van der Waals surface area contributed by atoms with Crippen molar-refractivity contribution in [1.29, 1.82) is 0 Å². The van der Waals surface area contributed by atoms with Gasteiger partial charge in [-0.15, -0.1) is 0 Å². The van der Waals surface area contributed by atoms with Crippen molar-refractivity contribution in [3.8, 4) is 0 Å². The van der Waals surface area contributed by atoms with E-state index in [-0.39, 0.29) is 29.7 Å². The predicted molar refractivity (Wildman–Crippen MR) is 181 cm³/mol. The number of amides is 2. The third kappa shape index (κ3) is 9.23. The van der Waals surface area contributed by atoms with Gasteiger partial charge in [0, 0.05) is 24.5 Å². The van der Waals surface area contributed by atoms with Gasteiger partial charge in [-0.3, -0.25) is 13.9 Å². The zero-order chi connectivity index (χ0) is 32.6. The first kappa shape index (κ1) is 34.3. The van der Waals surface area contributed by atoms with Crippen molar-refractivity contribution in [1.82, 2.24) is 10.2 Å². The number of halogens is 3. The van der Waals surface area contributed by atoms with Crippen LogP contribution >= 0.6 is 34.8 Å². The van der Waals surface area contributed by atoms with Crippen LogP contribution in [0.25, 0.3) is 0 Å². The molecule has 0 fully saturated rings. The highest BCUT2D eigenvalue weighted by atomic mass is 35.5. The maximum Gasteiger partial charge on any atom is 0.264 e. The third-order valence-corrected chi connectivity index (χ3v) is 9.80. The molecule has 0 aliphatic rings. The summed E-state index contributed by atoms with van der Waals surface area (Å²) in [4.78, 5) is 29.6. The maximum atomic E-state index is 14.4. The third-order valence-electron chi connectivity index (χ3n) is 7.02. The van der Waals surface area contributed by atoms with Crippen LogP contribution in [0.4, 0.5) is 5.69 Å². The Hall–Kier alpha value is -3.56. The summed E-state index contributed by atoms with van der Waals surface area (Å²) in [5.41, 5.74) is 1.75. The molecular formula is C34H34Cl3N3O4S. The molecule has 0 aliphatic heterocycles. The van der Waals surface area contributed by atoms with Crippen molar-refractivity contribution in [2.75, 3.05) is 17.4 Å². The summed E-state index contributed by atoms with van der Waals surface area (Å²) in [6.07, 6.45) is 0.201. The first-order chi connectivity index (χ1) is 21.5. The van der Waals surface area contributed by atoms with Gasteiger partial charge in [-0.05, 0) is 65.6 Å². The molecule has 236 valence electrons. The van der Waals surface area contributed by atoms with Crippen molar-refractivity contribution in [3.05, 3.63) is 129 Å². The molecule has 4 rings (SSSR count). The lowest BCUT2D eigenvalue weighted by atomic mass is 10.0. The molecule has 2 amide bonds. The summed E-state index contributed by atoms with van der Waals surface area (Å²) in [5, 5.41) is 3.98. The fraction of sp³-hybridized carbons (Fsp3) is 0.235. The van der Waals surface area contributed by atoms with Crippen molar-refractivity contribution < 1.29 is 18.0 Å². The lowest BCUT2D eigenvalue weighted by Crippen LogP contribution is -2.53. The highest BCUT2D eigenvalue weighted by Gasteiger charge is 2.34. The van der Waals surface area contributed by atoms with E-state index < -0.39 is 28.5 Å². The second-order valence-electron chi connectivity index (χ2n) is 10.9. The lowest BCUT2D eigenvalue weighted by molar-refractivity contribution is -0.140. The number of hydrogen-bond donors (Lipinski definition) is 1. The molecule has 0 unspecified atom stereocenters. The van der Waals surface area contributed by atoms with Crippen molar-refractivity contribution in [2.24, 2.45) is 5.92 Å². The van der Waals surface area contributed by atoms with Gasteiger partial charge in [0.15, 0.2) is 0 Å². The Balaban J connectivity index is 1.79. The molecule has 45 heavy (non-hydrogen) atoms. The van der Waals surface area contributed by atoms with Crippen LogP contribution in [0.5, 0.6) is 0 Å². The summed E-state index contributed by atoms with van der Waals surface area (Å²) < 4.78 is 29.1. The molecule has 11 heteroatoms. The molecule has 0 spiro atoms. The molecule has 0 saturated heterocycles. The quantitative estimate of drug-likeness (QED) is 0.161. The fourth-order valence-electron chi connectivity index (χ4n) is 4.67. The van der Waals surface area contributed by atoms with E-state index >= 15 is 0 Å². The topological polar surface area (TPSA) is 86.8 Å². The fourth-order valence-corrected chi connectivity index (χ4v) is 6.53. The van der Waals surface area contributed by atoms with Crippen LogP contribution < -0.4 is 9.62 Å². The summed E-state index contributed by atoms with van der Waals surface area (Å²) in [7, 11) is -4.22. The minimum atomic E-state index is -4.22. The number of rotatable bonds is 13. The van der Waals surface area contributed by atoms with Crippen LogP contribution in [0.1, 0.15) is 25.0 Å². The monoisotopic (exact) mass is 685 g/mol. The van der Waals surface area contributed by atoms with Crippen molar-refractivity contribution in [3.63, 3.8) is 0 Å². The molecule has 1 atom stereocenters. The van der Waals surface area contributed by atoms with Crippen LogP contribution in [0.3, 0.4) is 0 Å². The average molecular weight is 687 g/mol. The van der Waals surface area contributed by atoms with Crippen LogP contribution in [-0.2, 0) is 32.6 Å². The van der Waals surface area contributed by atoms with E-state index in [1.807, 2.05) is 44.2 Å². The second-order valence-corrected chi connectivity index (χ2v) is 14.0. The maximum absolute atomic E-state index is 14.4. The van der Waals surface area contributed by atoms with Crippen molar-refractivity contribution >= 4 is 62.3 Å². The van der Waals surface area contributed by atoms with Gasteiger partial charge in [0.05, 0.1) is 20.6 Å². The molecule has 0 aliphatic carbocycles. The first-order valence-electron chi connectivity index (χ1n) is 14.3. The Bertz CT molecular complexity index is 1700. The Morgan fingerprint density at radius 1 is 0.778 bits per heavy atom. The standard InChI is InChI=1S/C34H34Cl3N3O4S/c1-24(2)21-38-34(42)32(20-25-9-5-3-6-10-25)39(22-26-13-18-30(36)31(37)19-26)33(41)23-40(28-11-7-4-8-12-28)45(43,44)29-16-14-27(35)15-17-29/h3-19,24,32H,20-23H2,1-2H3,(H,38,42)/t32-/m1/s1. The predicted octanol–water partition coefficient (Wildman–Crippen LogP) is 7.25. The van der Waals surface area contributed by atoms with E-state index in [0.717, 1.165) is 9.87 Å². The number of anilines is 1. The van der Waals surface area contributed by atoms with E-state index in [9.17, 15) is 18.0 Å². The van der Waals surface area contributed by atoms with E-state index in [4.69, 9.17) is 34.8 Å². The minimum Gasteiger partial charge on any atom is -0.354 e. The molecule has 0 heterocycles. The zero-order valence-corrected chi connectivity index (χ0v) is 28.0. The number of para-hydroxylation sites is 1. The van der Waals surface area contributed by atoms with Crippen LogP contribution in [0.2, 0.25) is 15.1 Å². The van der Waals surface area contributed by atoms with Gasteiger partial charge >= 0.3 is 0 Å². The van der Waals surface area contributed by atoms with Crippen LogP contribution in [0, 0.1) is 5.92 Å². The molecular weight excluding hydrogens is 653 g/mol. The van der Waals surface area contributed by atoms with Crippen molar-refractivity contribution in [2.45, 2.75) is 37.8 Å². The van der Waals surface area contributed by atoms with E-state index in [2.05, 4.69) is 5.32 Å². The number of nitrogens with one attached hydrogen (secondary N) is 1. The molecule has 0 radical (unpaired) electrons. The lowest BCUT2D eigenvalue weighted by Gasteiger charge is -2.34. The first-order valence-corrected chi connectivity index (χ1v) is 16.9. The van der Waals surface area contributed by atoms with Gasteiger partial charge in [-0.2, -0.15) is 0 Å². The highest BCUT2D eigenvalue weighted by Crippen LogP contribution is 2.27. The Morgan fingerprint density at radius 2 is 1.40 bits per heavy atom. The molecule has 1 N–H and O–H groups in total. The number of benzene rings is 4. The molecule has 0 bridgehead atoms. The Labute approximate surface area is 279 Å². The molecule has 4 aromatic rings. The molecule has 0 saturated carbocycles. The summed E-state index contributed by atoms with van der Waals surface area (Å²) in [6.45, 7) is 3.76. The number of hydrogen-bond acceptors (Lipinski definition) is 4. The Kier molecular flexibility index (Phi) is 11.9. The van der Waals surface area contributed by atoms with Gasteiger partial charge in [0.2, 0.25) is 11.8 Å². The van der Waals surface area contributed by atoms with Crippen LogP contribution in [-0.4, -0.2) is 44.3 Å². The summed E-state index contributed by atoms with van der Waals surface area (Å²) >= 11 is 18.5. The van der Waals surface area contributed by atoms with Gasteiger partial charge in [0.1, 0.15) is 12.6 Å². The smallest absolute Gasteiger partial charge is 0.264 e. The second kappa shape index (κ2) is 15.6. The number of carbonyl (C=O) groups excluding carboxylic acids is 2. The van der Waals surface area contributed by atoms with Crippen LogP contribution in [0.15, 0.2) is 108 Å². The number of nitrogens with zero attached hydrogens (tertiary/aromatic N) is 2. The van der Waals surface area contributed by atoms with E-state index in [0.29, 0.717) is 32.9 Å². The van der Waals surface area contributed by atoms with Gasteiger partial charge in [-0.1, -0.05) is 103 Å². The average Bonchev–Trinajstić information content (AvgIpc) is 3.03. The Morgan fingerprint density at radius 3 is 2.00 bits per heavy atom. The molecule has 7 nitrogen and oxygen atoms in total. The minimum absolute atomic E-state index is 0.0219. The zero-order valence-electron chi connectivity index (χ0n) is 24.9. The van der Waals surface area contributed by atoms with E-state index in [1.165, 1.54) is 29.2 Å². The number of sulfonamides is 1. The molecule has 4 aromatic carbocycles. The highest BCUT2D eigenvalue weighted by molar-refractivity contribution is 7.92. The van der Waals surface area contributed by atoms with Gasteiger partial charge < -0.3 is 10.2 Å². The number of carbonyl (C=O) groups is 2. The van der Waals surface area contributed by atoms with Gasteiger partial charge in [0.25, 0.3) is 10.0 Å². The normalized spacial score (nSPS) is 12.0.